The van der Waals surface area contributed by atoms with Crippen LogP contribution in [0.5, 0.6) is 5.75 Å². The van der Waals surface area contributed by atoms with Crippen LogP contribution in [0.25, 0.3) is 11.5 Å². The molecule has 1 aliphatic rings. The Hall–Kier alpha value is -3.87. The summed E-state index contributed by atoms with van der Waals surface area (Å²) in [5.41, 5.74) is 4.05. The summed E-state index contributed by atoms with van der Waals surface area (Å²) in [6, 6.07) is 17.8. The lowest BCUT2D eigenvalue weighted by Gasteiger charge is -2.18. The normalized spacial score (nSPS) is 12.8. The average molecular weight is 416 g/mol. The number of nitrogens with zero attached hydrogens (tertiary/aromatic N) is 4. The molecule has 0 fully saturated rings. The van der Waals surface area contributed by atoms with Gasteiger partial charge in [0.05, 0.1) is 24.5 Å². The number of benzene rings is 2. The minimum Gasteiger partial charge on any atom is -0.484 e. The van der Waals surface area contributed by atoms with E-state index in [0.717, 1.165) is 22.8 Å². The zero-order chi connectivity index (χ0) is 21.4. The summed E-state index contributed by atoms with van der Waals surface area (Å²) in [7, 11) is 0. The topological polar surface area (TPSA) is 52.3 Å². The number of hydrogen-bond donors (Lipinski definition) is 0. The average Bonchev–Trinajstić information content (AvgIpc) is 3.50. The molecule has 6 nitrogen and oxygen atoms in total. The highest BCUT2D eigenvalue weighted by molar-refractivity contribution is 5.78. The molecule has 156 valence electrons. The predicted octanol–water partition coefficient (Wildman–Crippen LogP) is 4.03. The van der Waals surface area contributed by atoms with Crippen LogP contribution in [0.3, 0.4) is 0 Å². The van der Waals surface area contributed by atoms with E-state index in [0.29, 0.717) is 18.8 Å². The van der Waals surface area contributed by atoms with Gasteiger partial charge in [0.2, 0.25) is 0 Å². The third kappa shape index (κ3) is 3.70. The Labute approximate surface area is 179 Å². The number of hydrogen-bond acceptors (Lipinski definition) is 3. The Bertz CT molecular complexity index is 1210. The monoisotopic (exact) mass is 416 g/mol. The Morgan fingerprint density at radius 2 is 1.74 bits per heavy atom. The van der Waals surface area contributed by atoms with Gasteiger partial charge >= 0.3 is 0 Å². The molecule has 2 aromatic carbocycles. The molecule has 3 heterocycles. The first-order valence-corrected chi connectivity index (χ1v) is 10.1. The van der Waals surface area contributed by atoms with Gasteiger partial charge in [-0.2, -0.15) is 5.10 Å². The van der Waals surface area contributed by atoms with Crippen molar-refractivity contribution in [3.05, 3.63) is 95.7 Å². The summed E-state index contributed by atoms with van der Waals surface area (Å²) in [5.74, 6) is 0.914. The zero-order valence-electron chi connectivity index (χ0n) is 17.0. The lowest BCUT2D eigenvalue weighted by molar-refractivity contribution is -0.134. The molecule has 0 unspecified atom stereocenters. The van der Waals surface area contributed by atoms with Crippen LogP contribution in [0.4, 0.5) is 4.39 Å². The SMILES string of the molecule is Cc1ccc(-n2nc3c(c2-n2cccc2)CN(C(=O)COc2ccc(F)cc2)C3)cc1. The smallest absolute Gasteiger partial charge is 0.261 e. The summed E-state index contributed by atoms with van der Waals surface area (Å²) < 4.78 is 22.5. The maximum absolute atomic E-state index is 13.0. The number of aromatic nitrogens is 3. The Morgan fingerprint density at radius 3 is 2.45 bits per heavy atom. The van der Waals surface area contributed by atoms with Crippen LogP contribution in [0.1, 0.15) is 16.8 Å². The molecular formula is C24H21FN4O2. The number of fused-ring (bicyclic) bond motifs is 1. The van der Waals surface area contributed by atoms with Gasteiger partial charge in [0, 0.05) is 18.0 Å². The maximum Gasteiger partial charge on any atom is 0.261 e. The quantitative estimate of drug-likeness (QED) is 0.494. The van der Waals surface area contributed by atoms with Crippen LogP contribution < -0.4 is 4.74 Å². The van der Waals surface area contributed by atoms with Crippen molar-refractivity contribution < 1.29 is 13.9 Å². The van der Waals surface area contributed by atoms with Gasteiger partial charge in [-0.3, -0.25) is 4.79 Å². The van der Waals surface area contributed by atoms with Gasteiger partial charge in [-0.25, -0.2) is 9.07 Å². The van der Waals surface area contributed by atoms with Crippen molar-refractivity contribution in [1.29, 1.82) is 0 Å². The molecule has 0 aliphatic carbocycles. The lowest BCUT2D eigenvalue weighted by Crippen LogP contribution is -2.31. The molecule has 0 radical (unpaired) electrons. The number of carbonyl (C=O) groups is 1. The number of halogens is 1. The number of aryl methyl sites for hydroxylation is 1. The fourth-order valence-electron chi connectivity index (χ4n) is 3.75. The largest absolute Gasteiger partial charge is 0.484 e. The van der Waals surface area contributed by atoms with E-state index in [1.165, 1.54) is 29.8 Å². The molecule has 0 N–H and O–H groups in total. The standard InChI is InChI=1S/C24H21FN4O2/c1-17-4-8-19(9-5-17)29-24(27-12-2-3-13-27)21-14-28(15-22(21)26-29)23(30)16-31-20-10-6-18(25)7-11-20/h2-13H,14-16H2,1H3. The second-order valence-corrected chi connectivity index (χ2v) is 7.58. The molecule has 1 amide bonds. The van der Waals surface area contributed by atoms with Crippen molar-refractivity contribution in [2.75, 3.05) is 6.61 Å². The second-order valence-electron chi connectivity index (χ2n) is 7.58. The highest BCUT2D eigenvalue weighted by Gasteiger charge is 2.31. The second kappa shape index (κ2) is 7.75. The molecule has 0 saturated carbocycles. The minimum atomic E-state index is -0.341. The summed E-state index contributed by atoms with van der Waals surface area (Å²) in [4.78, 5) is 14.5. The van der Waals surface area contributed by atoms with Gasteiger partial charge < -0.3 is 14.2 Å². The Kier molecular flexibility index (Phi) is 4.78. The van der Waals surface area contributed by atoms with Crippen molar-refractivity contribution >= 4 is 5.91 Å². The molecule has 5 rings (SSSR count). The summed E-state index contributed by atoms with van der Waals surface area (Å²) >= 11 is 0. The van der Waals surface area contributed by atoms with E-state index in [1.54, 1.807) is 4.90 Å². The van der Waals surface area contributed by atoms with Gasteiger partial charge in [-0.15, -0.1) is 0 Å². The Morgan fingerprint density at radius 1 is 1.03 bits per heavy atom. The van der Waals surface area contributed by atoms with Crippen molar-refractivity contribution in [2.45, 2.75) is 20.0 Å². The van der Waals surface area contributed by atoms with Crippen LogP contribution in [0.2, 0.25) is 0 Å². The molecule has 7 heteroatoms. The van der Waals surface area contributed by atoms with Gasteiger partial charge in [0.1, 0.15) is 17.4 Å². The van der Waals surface area contributed by atoms with Gasteiger partial charge in [-0.1, -0.05) is 17.7 Å². The van der Waals surface area contributed by atoms with Crippen LogP contribution in [0.15, 0.2) is 73.1 Å². The fraction of sp³-hybridized carbons (Fsp3) is 0.167. The van der Waals surface area contributed by atoms with Gasteiger partial charge in [0.25, 0.3) is 5.91 Å². The molecular weight excluding hydrogens is 395 g/mol. The molecule has 2 aromatic heterocycles. The highest BCUT2D eigenvalue weighted by atomic mass is 19.1. The molecule has 31 heavy (non-hydrogen) atoms. The molecule has 1 aliphatic heterocycles. The van der Waals surface area contributed by atoms with E-state index < -0.39 is 0 Å². The molecule has 0 saturated heterocycles. The molecule has 4 aromatic rings. The number of amides is 1. The first kappa shape index (κ1) is 19.1. The highest BCUT2D eigenvalue weighted by Crippen LogP contribution is 2.30. The van der Waals surface area contributed by atoms with Crippen molar-refractivity contribution in [1.82, 2.24) is 19.2 Å². The molecule has 0 spiro atoms. The maximum atomic E-state index is 13.0. The third-order valence-electron chi connectivity index (χ3n) is 5.39. The van der Waals surface area contributed by atoms with E-state index in [9.17, 15) is 9.18 Å². The Balaban J connectivity index is 1.38. The van der Waals surface area contributed by atoms with E-state index in [-0.39, 0.29) is 18.3 Å². The van der Waals surface area contributed by atoms with Gasteiger partial charge in [-0.05, 0) is 55.5 Å². The van der Waals surface area contributed by atoms with Crippen LogP contribution >= 0.6 is 0 Å². The van der Waals surface area contributed by atoms with Crippen molar-refractivity contribution in [2.24, 2.45) is 0 Å². The van der Waals surface area contributed by atoms with Crippen molar-refractivity contribution in [3.8, 4) is 17.3 Å². The summed E-state index contributed by atoms with van der Waals surface area (Å²) in [6.45, 7) is 2.83. The minimum absolute atomic E-state index is 0.104. The summed E-state index contributed by atoms with van der Waals surface area (Å²) in [6.07, 6.45) is 3.95. The van der Waals surface area contributed by atoms with Crippen LogP contribution in [0, 0.1) is 12.7 Å². The van der Waals surface area contributed by atoms with Gasteiger partial charge in [0.15, 0.2) is 6.61 Å². The zero-order valence-corrected chi connectivity index (χ0v) is 17.0. The van der Waals surface area contributed by atoms with Crippen LogP contribution in [-0.2, 0) is 17.9 Å². The molecule has 0 bridgehead atoms. The fourth-order valence-corrected chi connectivity index (χ4v) is 3.75. The van der Waals surface area contributed by atoms with E-state index in [1.807, 2.05) is 45.9 Å². The lowest BCUT2D eigenvalue weighted by atomic mass is 10.2. The number of rotatable bonds is 5. The summed E-state index contributed by atoms with van der Waals surface area (Å²) in [5, 5.41) is 4.83. The predicted molar refractivity (Wildman–Crippen MR) is 114 cm³/mol. The first-order chi connectivity index (χ1) is 15.1. The van der Waals surface area contributed by atoms with E-state index in [2.05, 4.69) is 19.1 Å². The first-order valence-electron chi connectivity index (χ1n) is 10.1. The number of carbonyl (C=O) groups excluding carboxylic acids is 1. The van der Waals surface area contributed by atoms with Crippen LogP contribution in [-0.4, -0.2) is 31.8 Å². The molecule has 0 atom stereocenters. The van der Waals surface area contributed by atoms with E-state index >= 15 is 0 Å². The number of ether oxygens (including phenoxy) is 1. The van der Waals surface area contributed by atoms with E-state index in [4.69, 9.17) is 9.84 Å². The van der Waals surface area contributed by atoms with Crippen molar-refractivity contribution in [3.63, 3.8) is 0 Å². The third-order valence-corrected chi connectivity index (χ3v) is 5.39.